The zero-order valence-electron chi connectivity index (χ0n) is 7.56. The van der Waals surface area contributed by atoms with Crippen molar-refractivity contribution in [2.75, 3.05) is 0 Å². The zero-order valence-corrected chi connectivity index (χ0v) is 7.56. The number of hydrogen-bond acceptors (Lipinski definition) is 2. The van der Waals surface area contributed by atoms with E-state index in [1.54, 1.807) is 0 Å². The van der Waals surface area contributed by atoms with Gasteiger partial charge in [-0.05, 0) is 12.8 Å². The maximum absolute atomic E-state index is 11.2. The highest BCUT2D eigenvalue weighted by Crippen LogP contribution is 2.32. The topological polar surface area (TPSA) is 58.2 Å². The molecule has 0 aromatic carbocycles. The number of nitrogens with one attached hydrogen (secondary N) is 2. The standard InChI is InChI=1S/C9H14N2O2/c12-7-6-9(11-8(13)10-7)4-2-1-3-5-9/h1-6H2,(H2,10,11,12,13). The van der Waals surface area contributed by atoms with Crippen molar-refractivity contribution in [1.29, 1.82) is 0 Å². The van der Waals surface area contributed by atoms with Crippen LogP contribution >= 0.6 is 0 Å². The average Bonchev–Trinajstić information content (AvgIpc) is 2.02. The van der Waals surface area contributed by atoms with Gasteiger partial charge < -0.3 is 5.32 Å². The van der Waals surface area contributed by atoms with Gasteiger partial charge in [-0.15, -0.1) is 0 Å². The molecule has 1 spiro atoms. The van der Waals surface area contributed by atoms with Gasteiger partial charge in [0, 0.05) is 0 Å². The molecule has 0 aromatic rings. The molecule has 72 valence electrons. The van der Waals surface area contributed by atoms with Crippen LogP contribution in [0.15, 0.2) is 0 Å². The number of imide groups is 1. The number of carbonyl (C=O) groups excluding carboxylic acids is 2. The molecule has 2 N–H and O–H groups in total. The predicted molar refractivity (Wildman–Crippen MR) is 47.1 cm³/mol. The molecule has 1 aliphatic carbocycles. The van der Waals surface area contributed by atoms with E-state index in [0.717, 1.165) is 25.7 Å². The van der Waals surface area contributed by atoms with E-state index >= 15 is 0 Å². The van der Waals surface area contributed by atoms with Crippen LogP contribution in [0.1, 0.15) is 38.5 Å². The van der Waals surface area contributed by atoms with E-state index in [0.29, 0.717) is 6.42 Å². The van der Waals surface area contributed by atoms with Crippen molar-refractivity contribution in [3.8, 4) is 0 Å². The molecule has 0 aromatic heterocycles. The third-order valence-corrected chi connectivity index (χ3v) is 2.94. The molecule has 2 fully saturated rings. The van der Waals surface area contributed by atoms with Gasteiger partial charge in [-0.25, -0.2) is 4.79 Å². The maximum Gasteiger partial charge on any atom is 0.321 e. The van der Waals surface area contributed by atoms with E-state index < -0.39 is 0 Å². The van der Waals surface area contributed by atoms with Crippen molar-refractivity contribution in [3.05, 3.63) is 0 Å². The van der Waals surface area contributed by atoms with E-state index in [1.807, 2.05) is 0 Å². The van der Waals surface area contributed by atoms with Crippen LogP contribution in [0, 0.1) is 0 Å². The predicted octanol–water partition coefficient (Wildman–Crippen LogP) is 0.919. The molecule has 0 radical (unpaired) electrons. The number of urea groups is 1. The number of hydrogen-bond donors (Lipinski definition) is 2. The van der Waals surface area contributed by atoms with Gasteiger partial charge in [0.2, 0.25) is 5.91 Å². The molecule has 1 heterocycles. The monoisotopic (exact) mass is 182 g/mol. The molecule has 0 atom stereocenters. The summed E-state index contributed by atoms with van der Waals surface area (Å²) in [5, 5.41) is 5.15. The van der Waals surface area contributed by atoms with Crippen LogP contribution in [0.25, 0.3) is 0 Å². The lowest BCUT2D eigenvalue weighted by Crippen LogP contribution is -2.61. The first-order chi connectivity index (χ1) is 6.20. The van der Waals surface area contributed by atoms with Crippen LogP contribution in [0.4, 0.5) is 4.79 Å². The molecule has 1 saturated carbocycles. The molecule has 0 unspecified atom stereocenters. The molecular weight excluding hydrogens is 168 g/mol. The molecule has 0 bridgehead atoms. The third-order valence-electron chi connectivity index (χ3n) is 2.94. The van der Waals surface area contributed by atoms with Gasteiger partial charge in [-0.1, -0.05) is 19.3 Å². The summed E-state index contributed by atoms with van der Waals surface area (Å²) >= 11 is 0. The lowest BCUT2D eigenvalue weighted by atomic mass is 9.78. The second-order valence-corrected chi connectivity index (χ2v) is 4.02. The van der Waals surface area contributed by atoms with Crippen molar-refractivity contribution in [2.24, 2.45) is 0 Å². The molecule has 2 aliphatic rings. The van der Waals surface area contributed by atoms with Crippen molar-refractivity contribution in [2.45, 2.75) is 44.1 Å². The molecule has 1 saturated heterocycles. The minimum absolute atomic E-state index is 0.134. The van der Waals surface area contributed by atoms with Crippen LogP contribution in [0.2, 0.25) is 0 Å². The second kappa shape index (κ2) is 3.01. The van der Waals surface area contributed by atoms with E-state index in [4.69, 9.17) is 0 Å². The Morgan fingerprint density at radius 2 is 1.77 bits per heavy atom. The van der Waals surface area contributed by atoms with Gasteiger partial charge in [0.1, 0.15) is 0 Å². The van der Waals surface area contributed by atoms with Gasteiger partial charge in [-0.2, -0.15) is 0 Å². The summed E-state index contributed by atoms with van der Waals surface area (Å²) < 4.78 is 0. The summed E-state index contributed by atoms with van der Waals surface area (Å²) in [5.41, 5.74) is -0.211. The summed E-state index contributed by atoms with van der Waals surface area (Å²) in [6.07, 6.45) is 5.82. The van der Waals surface area contributed by atoms with Gasteiger partial charge >= 0.3 is 6.03 Å². The molecule has 3 amide bonds. The van der Waals surface area contributed by atoms with Crippen molar-refractivity contribution < 1.29 is 9.59 Å². The lowest BCUT2D eigenvalue weighted by Gasteiger charge is -2.40. The summed E-state index contributed by atoms with van der Waals surface area (Å²) in [7, 11) is 0. The maximum atomic E-state index is 11.2. The van der Waals surface area contributed by atoms with Crippen molar-refractivity contribution >= 4 is 11.9 Å². The van der Waals surface area contributed by atoms with E-state index in [9.17, 15) is 9.59 Å². The second-order valence-electron chi connectivity index (χ2n) is 4.02. The Balaban J connectivity index is 2.11. The summed E-state index contributed by atoms with van der Waals surface area (Å²) in [5.74, 6) is -0.134. The van der Waals surface area contributed by atoms with Crippen LogP contribution in [-0.4, -0.2) is 17.5 Å². The van der Waals surface area contributed by atoms with Gasteiger partial charge in [0.25, 0.3) is 0 Å². The van der Waals surface area contributed by atoms with Crippen LogP contribution in [-0.2, 0) is 4.79 Å². The Kier molecular flexibility index (Phi) is 1.98. The summed E-state index contributed by atoms with van der Waals surface area (Å²) in [6, 6.07) is -0.321. The van der Waals surface area contributed by atoms with E-state index in [2.05, 4.69) is 10.6 Å². The highest BCUT2D eigenvalue weighted by atomic mass is 16.2. The Morgan fingerprint density at radius 3 is 2.38 bits per heavy atom. The minimum Gasteiger partial charge on any atom is -0.332 e. The SMILES string of the molecule is O=C1CC2(CCCCC2)NC(=O)N1. The Morgan fingerprint density at radius 1 is 1.08 bits per heavy atom. The van der Waals surface area contributed by atoms with Gasteiger partial charge in [0.15, 0.2) is 0 Å². The number of carbonyl (C=O) groups is 2. The van der Waals surface area contributed by atoms with Crippen molar-refractivity contribution in [1.82, 2.24) is 10.6 Å². The average molecular weight is 182 g/mol. The van der Waals surface area contributed by atoms with Gasteiger partial charge in [-0.3, -0.25) is 10.1 Å². The zero-order chi connectivity index (χ0) is 9.31. The molecular formula is C9H14N2O2. The first kappa shape index (κ1) is 8.53. The third kappa shape index (κ3) is 1.66. The Bertz CT molecular complexity index is 226. The summed E-state index contributed by atoms with van der Waals surface area (Å²) in [6.45, 7) is 0. The minimum atomic E-state index is -0.321. The molecule has 4 nitrogen and oxygen atoms in total. The first-order valence-corrected chi connectivity index (χ1v) is 4.82. The number of amides is 3. The first-order valence-electron chi connectivity index (χ1n) is 4.82. The molecule has 4 heteroatoms. The van der Waals surface area contributed by atoms with Crippen molar-refractivity contribution in [3.63, 3.8) is 0 Å². The van der Waals surface area contributed by atoms with Crippen LogP contribution in [0.5, 0.6) is 0 Å². The fraction of sp³-hybridized carbons (Fsp3) is 0.778. The normalized spacial score (nSPS) is 26.8. The van der Waals surface area contributed by atoms with Gasteiger partial charge in [0.05, 0.1) is 12.0 Å². The lowest BCUT2D eigenvalue weighted by molar-refractivity contribution is -0.122. The van der Waals surface area contributed by atoms with E-state index in [1.165, 1.54) is 6.42 Å². The van der Waals surface area contributed by atoms with E-state index in [-0.39, 0.29) is 17.5 Å². The molecule has 13 heavy (non-hydrogen) atoms. The molecule has 1 aliphatic heterocycles. The molecule has 2 rings (SSSR count). The fourth-order valence-electron chi connectivity index (χ4n) is 2.32. The fourth-order valence-corrected chi connectivity index (χ4v) is 2.32. The van der Waals surface area contributed by atoms with Crippen LogP contribution < -0.4 is 10.6 Å². The highest BCUT2D eigenvalue weighted by Gasteiger charge is 2.39. The summed E-state index contributed by atoms with van der Waals surface area (Å²) in [4.78, 5) is 22.3. The largest absolute Gasteiger partial charge is 0.332 e. The van der Waals surface area contributed by atoms with Crippen LogP contribution in [0.3, 0.4) is 0 Å². The number of rotatable bonds is 0. The highest BCUT2D eigenvalue weighted by molar-refractivity contribution is 5.97. The Hall–Kier alpha value is -1.06. The smallest absolute Gasteiger partial charge is 0.321 e. The quantitative estimate of drug-likeness (QED) is 0.585. The Labute approximate surface area is 77.1 Å².